The summed E-state index contributed by atoms with van der Waals surface area (Å²) in [4.78, 5) is 10.6. The smallest absolute Gasteiger partial charge is 0.307 e. The number of carboxylic acids is 1. The Bertz CT molecular complexity index is 228. The predicted molar refractivity (Wildman–Crippen MR) is 57.3 cm³/mol. The van der Waals surface area contributed by atoms with Crippen LogP contribution in [-0.2, 0) is 4.79 Å². The van der Waals surface area contributed by atoms with Gasteiger partial charge in [0, 0.05) is 0 Å². The van der Waals surface area contributed by atoms with Crippen molar-refractivity contribution >= 4 is 5.97 Å². The maximum atomic E-state index is 10.6. The van der Waals surface area contributed by atoms with Crippen molar-refractivity contribution in [2.24, 2.45) is 0 Å². The molecule has 0 radical (unpaired) electrons. The molecule has 1 N–H and O–H groups in total. The molecule has 0 saturated carbocycles. The van der Waals surface area contributed by atoms with Gasteiger partial charge in [0.15, 0.2) is 0 Å². The quantitative estimate of drug-likeness (QED) is 0.521. The van der Waals surface area contributed by atoms with Crippen LogP contribution in [0.3, 0.4) is 0 Å². The Kier molecular flexibility index (Phi) is 4.71. The van der Waals surface area contributed by atoms with Gasteiger partial charge in [0.2, 0.25) is 0 Å². The Hall–Kier alpha value is -0.790. The molecule has 0 aromatic rings. The van der Waals surface area contributed by atoms with E-state index in [0.717, 1.165) is 19.3 Å². The van der Waals surface area contributed by atoms with Gasteiger partial charge in [-0.1, -0.05) is 30.9 Å². The van der Waals surface area contributed by atoms with Crippen molar-refractivity contribution in [3.05, 3.63) is 11.1 Å². The van der Waals surface area contributed by atoms with E-state index in [2.05, 4.69) is 6.92 Å². The van der Waals surface area contributed by atoms with Crippen molar-refractivity contribution in [3.8, 4) is 0 Å². The highest BCUT2D eigenvalue weighted by molar-refractivity contribution is 5.70. The molecule has 14 heavy (non-hydrogen) atoms. The van der Waals surface area contributed by atoms with Crippen LogP contribution >= 0.6 is 0 Å². The molecule has 1 rings (SSSR count). The average Bonchev–Trinajstić information content (AvgIpc) is 2.52. The third-order valence-electron chi connectivity index (χ3n) is 2.90. The molecule has 0 spiro atoms. The van der Waals surface area contributed by atoms with Gasteiger partial charge < -0.3 is 5.11 Å². The van der Waals surface area contributed by atoms with Gasteiger partial charge in [-0.25, -0.2) is 0 Å². The highest BCUT2D eigenvalue weighted by atomic mass is 16.4. The van der Waals surface area contributed by atoms with Crippen molar-refractivity contribution in [2.45, 2.75) is 58.3 Å². The standard InChI is InChI=1S/C12H20O2/c1-2-3-4-6-10-7-5-8-11(10)9-12(13)14/h2-9H2,1H3,(H,13,14). The van der Waals surface area contributed by atoms with Crippen molar-refractivity contribution in [1.29, 1.82) is 0 Å². The van der Waals surface area contributed by atoms with Gasteiger partial charge in [-0.3, -0.25) is 4.79 Å². The van der Waals surface area contributed by atoms with Crippen LogP contribution in [0.15, 0.2) is 11.1 Å². The van der Waals surface area contributed by atoms with Crippen molar-refractivity contribution in [2.75, 3.05) is 0 Å². The molecule has 2 heteroatoms. The summed E-state index contributed by atoms with van der Waals surface area (Å²) < 4.78 is 0. The average molecular weight is 196 g/mol. The predicted octanol–water partition coefficient (Wildman–Crippen LogP) is 3.52. The van der Waals surface area contributed by atoms with E-state index in [1.54, 1.807) is 0 Å². The van der Waals surface area contributed by atoms with Crippen LogP contribution in [0.1, 0.15) is 58.3 Å². The van der Waals surface area contributed by atoms with Gasteiger partial charge in [-0.05, 0) is 32.1 Å². The number of hydrogen-bond donors (Lipinski definition) is 1. The molecular formula is C12H20O2. The van der Waals surface area contributed by atoms with E-state index in [9.17, 15) is 4.79 Å². The zero-order valence-corrected chi connectivity index (χ0v) is 9.01. The number of carboxylic acid groups (broad SMARTS) is 1. The highest BCUT2D eigenvalue weighted by Gasteiger charge is 2.15. The fourth-order valence-electron chi connectivity index (χ4n) is 2.15. The molecule has 0 aromatic heterocycles. The summed E-state index contributed by atoms with van der Waals surface area (Å²) in [6, 6.07) is 0. The lowest BCUT2D eigenvalue weighted by Gasteiger charge is -2.04. The van der Waals surface area contributed by atoms with E-state index < -0.39 is 5.97 Å². The van der Waals surface area contributed by atoms with Crippen molar-refractivity contribution in [1.82, 2.24) is 0 Å². The zero-order chi connectivity index (χ0) is 10.4. The topological polar surface area (TPSA) is 37.3 Å². The molecule has 1 aliphatic carbocycles. The molecule has 0 bridgehead atoms. The van der Waals surface area contributed by atoms with Crippen LogP contribution in [0.25, 0.3) is 0 Å². The van der Waals surface area contributed by atoms with Gasteiger partial charge in [0.1, 0.15) is 0 Å². The molecule has 1 aliphatic rings. The number of rotatable bonds is 6. The van der Waals surface area contributed by atoms with Crippen LogP contribution in [-0.4, -0.2) is 11.1 Å². The van der Waals surface area contributed by atoms with Crippen molar-refractivity contribution < 1.29 is 9.90 Å². The highest BCUT2D eigenvalue weighted by Crippen LogP contribution is 2.31. The second kappa shape index (κ2) is 5.84. The Morgan fingerprint density at radius 2 is 2.00 bits per heavy atom. The SMILES string of the molecule is CCCCCC1=C(CC(=O)O)CCC1. The Morgan fingerprint density at radius 1 is 1.29 bits per heavy atom. The first-order chi connectivity index (χ1) is 6.74. The maximum absolute atomic E-state index is 10.6. The van der Waals surface area contributed by atoms with Crippen LogP contribution in [0, 0.1) is 0 Å². The lowest BCUT2D eigenvalue weighted by Crippen LogP contribution is -1.97. The molecule has 0 saturated heterocycles. The van der Waals surface area contributed by atoms with Crippen LogP contribution in [0.2, 0.25) is 0 Å². The van der Waals surface area contributed by atoms with Gasteiger partial charge >= 0.3 is 5.97 Å². The second-order valence-electron chi connectivity index (χ2n) is 4.09. The van der Waals surface area contributed by atoms with Gasteiger partial charge in [0.05, 0.1) is 6.42 Å². The van der Waals surface area contributed by atoms with E-state index in [1.807, 2.05) is 0 Å². The van der Waals surface area contributed by atoms with E-state index in [0.29, 0.717) is 0 Å². The largest absolute Gasteiger partial charge is 0.481 e. The maximum Gasteiger partial charge on any atom is 0.307 e. The minimum Gasteiger partial charge on any atom is -0.481 e. The van der Waals surface area contributed by atoms with Crippen LogP contribution in [0.5, 0.6) is 0 Å². The summed E-state index contributed by atoms with van der Waals surface area (Å²) in [7, 11) is 0. The van der Waals surface area contributed by atoms with Gasteiger partial charge in [0.25, 0.3) is 0 Å². The van der Waals surface area contributed by atoms with Gasteiger partial charge in [-0.2, -0.15) is 0 Å². The van der Waals surface area contributed by atoms with Crippen LogP contribution in [0.4, 0.5) is 0 Å². The zero-order valence-electron chi connectivity index (χ0n) is 9.01. The lowest BCUT2D eigenvalue weighted by molar-refractivity contribution is -0.136. The van der Waals surface area contributed by atoms with E-state index >= 15 is 0 Å². The monoisotopic (exact) mass is 196 g/mol. The summed E-state index contributed by atoms with van der Waals surface area (Å²) in [5.74, 6) is -0.671. The molecule has 0 atom stereocenters. The summed E-state index contributed by atoms with van der Waals surface area (Å²) in [5.41, 5.74) is 2.66. The minimum absolute atomic E-state index is 0.279. The first-order valence-electron chi connectivity index (χ1n) is 5.65. The molecular weight excluding hydrogens is 176 g/mol. The second-order valence-corrected chi connectivity index (χ2v) is 4.09. The minimum atomic E-state index is -0.671. The third-order valence-corrected chi connectivity index (χ3v) is 2.90. The fourth-order valence-corrected chi connectivity index (χ4v) is 2.15. The lowest BCUT2D eigenvalue weighted by atomic mass is 10.0. The molecule has 80 valence electrons. The normalized spacial score (nSPS) is 16.4. The number of carbonyl (C=O) groups is 1. The Labute approximate surface area is 86.0 Å². The molecule has 0 heterocycles. The van der Waals surface area contributed by atoms with E-state index in [-0.39, 0.29) is 6.42 Å². The molecule has 0 unspecified atom stereocenters. The molecule has 0 aromatic carbocycles. The molecule has 2 nitrogen and oxygen atoms in total. The van der Waals surface area contributed by atoms with E-state index in [4.69, 9.17) is 5.11 Å². The number of aliphatic carboxylic acids is 1. The summed E-state index contributed by atoms with van der Waals surface area (Å²) in [5, 5.41) is 8.73. The molecule has 0 aliphatic heterocycles. The first kappa shape index (κ1) is 11.3. The fraction of sp³-hybridized carbons (Fsp3) is 0.750. The number of allylic oxidation sites excluding steroid dienone is 1. The number of hydrogen-bond acceptors (Lipinski definition) is 1. The molecule has 0 amide bonds. The molecule has 0 fully saturated rings. The van der Waals surface area contributed by atoms with E-state index in [1.165, 1.54) is 36.8 Å². The van der Waals surface area contributed by atoms with Gasteiger partial charge in [-0.15, -0.1) is 0 Å². The Balaban J connectivity index is 2.41. The first-order valence-corrected chi connectivity index (χ1v) is 5.65. The summed E-state index contributed by atoms with van der Waals surface area (Å²) in [6.07, 6.45) is 8.49. The third kappa shape index (κ3) is 3.52. The summed E-state index contributed by atoms with van der Waals surface area (Å²) in [6.45, 7) is 2.20. The number of unbranched alkanes of at least 4 members (excludes halogenated alkanes) is 2. The summed E-state index contributed by atoms with van der Waals surface area (Å²) >= 11 is 0. The van der Waals surface area contributed by atoms with Crippen LogP contribution < -0.4 is 0 Å². The van der Waals surface area contributed by atoms with Crippen molar-refractivity contribution in [3.63, 3.8) is 0 Å². The Morgan fingerprint density at radius 3 is 2.64 bits per heavy atom.